The number of hydrogen-bond donors (Lipinski definition) is 1. The largest absolute Gasteiger partial charge is 0.360 e. The van der Waals surface area contributed by atoms with E-state index in [1.807, 2.05) is 0 Å². The van der Waals surface area contributed by atoms with Crippen molar-refractivity contribution in [3.8, 4) is 33.4 Å². The molecule has 1 atom stereocenters. The van der Waals surface area contributed by atoms with Crippen molar-refractivity contribution in [2.75, 3.05) is 4.90 Å². The van der Waals surface area contributed by atoms with Gasteiger partial charge >= 0.3 is 0 Å². The van der Waals surface area contributed by atoms with E-state index in [1.54, 1.807) is 0 Å². The fourth-order valence-corrected chi connectivity index (χ4v) is 10.9. The lowest BCUT2D eigenvalue weighted by Gasteiger charge is -2.45. The molecule has 10 aromatic rings. The molecule has 1 N–H and O–H groups in total. The lowest BCUT2D eigenvalue weighted by atomic mass is 9.64. The third-order valence-electron chi connectivity index (χ3n) is 13.9. The summed E-state index contributed by atoms with van der Waals surface area (Å²) in [5.74, 6) is 0. The Kier molecular flexibility index (Phi) is 8.82. The molecule has 1 aliphatic carbocycles. The highest BCUT2D eigenvalue weighted by Crippen LogP contribution is 2.64. The summed E-state index contributed by atoms with van der Waals surface area (Å²) in [5.41, 5.74) is 20.9. The van der Waals surface area contributed by atoms with Gasteiger partial charge in [-0.05, 0) is 120 Å². The van der Waals surface area contributed by atoms with E-state index in [0.29, 0.717) is 0 Å². The van der Waals surface area contributed by atoms with E-state index in [9.17, 15) is 0 Å². The summed E-state index contributed by atoms with van der Waals surface area (Å²) in [7, 11) is 0. The zero-order valence-electron chi connectivity index (χ0n) is 36.1. The first-order chi connectivity index (χ1) is 32.7. The van der Waals surface area contributed by atoms with Gasteiger partial charge < -0.3 is 10.2 Å². The summed E-state index contributed by atoms with van der Waals surface area (Å²) in [6, 6.07) is 88.6. The van der Waals surface area contributed by atoms with Gasteiger partial charge in [0, 0.05) is 11.4 Å². The number of nitrogens with zero attached hydrogens (tertiary/aromatic N) is 2. The molecule has 1 spiro atoms. The number of rotatable bonds is 6. The number of aliphatic imine (C=N–C) groups is 1. The maximum absolute atomic E-state index is 5.26. The van der Waals surface area contributed by atoms with E-state index in [2.05, 4.69) is 259 Å². The molecule has 0 fully saturated rings. The minimum absolute atomic E-state index is 0.241. The predicted octanol–water partition coefficient (Wildman–Crippen LogP) is 15.5. The van der Waals surface area contributed by atoms with Crippen LogP contribution in [0.15, 0.2) is 254 Å². The van der Waals surface area contributed by atoms with Crippen molar-refractivity contribution >= 4 is 39.2 Å². The molecule has 66 heavy (non-hydrogen) atoms. The third kappa shape index (κ3) is 5.94. The van der Waals surface area contributed by atoms with E-state index < -0.39 is 5.41 Å². The second kappa shape index (κ2) is 15.3. The van der Waals surface area contributed by atoms with Gasteiger partial charge in [0.15, 0.2) is 0 Å². The average Bonchev–Trinajstić information content (AvgIpc) is 3.70. The van der Waals surface area contributed by atoms with Crippen molar-refractivity contribution in [1.29, 1.82) is 0 Å². The van der Waals surface area contributed by atoms with Crippen LogP contribution in [0.4, 0.5) is 17.1 Å². The molecular weight excluding hydrogens is 799 g/mol. The van der Waals surface area contributed by atoms with Gasteiger partial charge in [0.25, 0.3) is 0 Å². The van der Waals surface area contributed by atoms with Crippen LogP contribution in [0, 0.1) is 0 Å². The highest BCUT2D eigenvalue weighted by Gasteiger charge is 2.52. The zero-order valence-corrected chi connectivity index (χ0v) is 36.1. The Morgan fingerprint density at radius 3 is 1.67 bits per heavy atom. The molecule has 13 rings (SSSR count). The first-order valence-electron chi connectivity index (χ1n) is 22.8. The van der Waals surface area contributed by atoms with Crippen LogP contribution in [0.1, 0.15) is 45.1 Å². The number of anilines is 3. The topological polar surface area (TPSA) is 27.6 Å². The van der Waals surface area contributed by atoms with Crippen LogP contribution in [0.25, 0.3) is 49.9 Å². The first-order valence-corrected chi connectivity index (χ1v) is 22.8. The molecule has 0 saturated carbocycles. The quantitative estimate of drug-likeness (QED) is 0.181. The van der Waals surface area contributed by atoms with Crippen molar-refractivity contribution in [3.63, 3.8) is 0 Å². The lowest BCUT2D eigenvalue weighted by Crippen LogP contribution is -2.36. The van der Waals surface area contributed by atoms with Gasteiger partial charge in [0.2, 0.25) is 0 Å². The number of fused-ring (bicyclic) bond motifs is 11. The molecular formula is C63H43N3. The van der Waals surface area contributed by atoms with Crippen molar-refractivity contribution in [1.82, 2.24) is 5.32 Å². The van der Waals surface area contributed by atoms with Gasteiger partial charge in [0.1, 0.15) is 6.17 Å². The minimum Gasteiger partial charge on any atom is -0.360 e. The van der Waals surface area contributed by atoms with E-state index >= 15 is 0 Å². The third-order valence-corrected chi connectivity index (χ3v) is 13.9. The SMILES string of the molecule is C1=C(c2ccc(-c3ccc4c(c3)C3(c5ccccc5N(c5ccccc5)c5ccccc53)c3ccc5ccccc5c3-4)cc2)NC(c2ccc(-c3ccccc3)cc2)N=C1c1ccccc1. The summed E-state index contributed by atoms with van der Waals surface area (Å²) in [5, 5.41) is 6.34. The summed E-state index contributed by atoms with van der Waals surface area (Å²) < 4.78 is 0. The fourth-order valence-electron chi connectivity index (χ4n) is 10.9. The zero-order chi connectivity index (χ0) is 43.6. The van der Waals surface area contributed by atoms with Crippen LogP contribution < -0.4 is 10.2 Å². The second-order valence-electron chi connectivity index (χ2n) is 17.5. The first kappa shape index (κ1) is 38.0. The van der Waals surface area contributed by atoms with Crippen molar-refractivity contribution < 1.29 is 0 Å². The predicted molar refractivity (Wildman–Crippen MR) is 274 cm³/mol. The highest BCUT2D eigenvalue weighted by molar-refractivity contribution is 6.13. The Morgan fingerprint density at radius 2 is 0.955 bits per heavy atom. The van der Waals surface area contributed by atoms with Crippen molar-refractivity contribution in [3.05, 3.63) is 288 Å². The highest BCUT2D eigenvalue weighted by atomic mass is 15.2. The molecule has 0 radical (unpaired) electrons. The van der Waals surface area contributed by atoms with Gasteiger partial charge in [-0.25, -0.2) is 0 Å². The standard InChI is InChI=1S/C63H43N3/c1-4-16-42(17-5-1)43-30-34-48(35-31-43)62-64-57(46-19-6-2-7-20-46)41-58(65-62)47-32-28-44(29-33-47)49-36-38-52-56(40-49)63(55-39-37-45-18-10-11-23-51(45)61(52)55)53-24-12-14-26-59(53)66(50-21-8-3-9-22-50)60-27-15-13-25-54(60)63/h1-41,62,65H. The maximum atomic E-state index is 5.26. The van der Waals surface area contributed by atoms with Crippen LogP contribution in [0.2, 0.25) is 0 Å². The number of nitrogens with one attached hydrogen (secondary N) is 1. The Hall–Kier alpha value is -8.53. The number of benzene rings is 10. The van der Waals surface area contributed by atoms with Crippen LogP contribution in [0.5, 0.6) is 0 Å². The number of allylic oxidation sites excluding steroid dienone is 1. The minimum atomic E-state index is -0.554. The number of para-hydroxylation sites is 3. The molecule has 1 unspecified atom stereocenters. The Morgan fingerprint density at radius 1 is 0.409 bits per heavy atom. The normalized spacial score (nSPS) is 15.2. The van der Waals surface area contributed by atoms with Crippen LogP contribution in [-0.4, -0.2) is 5.71 Å². The summed E-state index contributed by atoms with van der Waals surface area (Å²) in [6.07, 6.45) is 1.95. The van der Waals surface area contributed by atoms with Gasteiger partial charge in [-0.15, -0.1) is 0 Å². The molecule has 310 valence electrons. The molecule has 3 nitrogen and oxygen atoms in total. The fraction of sp³-hybridized carbons (Fsp3) is 0.0317. The molecule has 0 bridgehead atoms. The molecule has 0 amide bonds. The average molecular weight is 842 g/mol. The van der Waals surface area contributed by atoms with Gasteiger partial charge in [-0.1, -0.05) is 212 Å². The van der Waals surface area contributed by atoms with Crippen molar-refractivity contribution in [2.45, 2.75) is 11.6 Å². The summed E-state index contributed by atoms with van der Waals surface area (Å²) in [4.78, 5) is 7.70. The smallest absolute Gasteiger partial charge is 0.145 e. The van der Waals surface area contributed by atoms with Crippen LogP contribution in [0.3, 0.4) is 0 Å². The summed E-state index contributed by atoms with van der Waals surface area (Å²) in [6.45, 7) is 0. The second-order valence-corrected chi connectivity index (χ2v) is 17.5. The lowest BCUT2D eigenvalue weighted by molar-refractivity contribution is 0.664. The Bertz CT molecular complexity index is 3490. The number of hydrogen-bond acceptors (Lipinski definition) is 3. The van der Waals surface area contributed by atoms with E-state index in [-0.39, 0.29) is 6.17 Å². The monoisotopic (exact) mass is 841 g/mol. The molecule has 2 aliphatic heterocycles. The van der Waals surface area contributed by atoms with E-state index in [4.69, 9.17) is 4.99 Å². The van der Waals surface area contributed by atoms with Gasteiger partial charge in [-0.3, -0.25) is 4.99 Å². The van der Waals surface area contributed by atoms with Crippen LogP contribution >= 0.6 is 0 Å². The van der Waals surface area contributed by atoms with E-state index in [1.165, 1.54) is 77.8 Å². The Labute approximate surface area is 385 Å². The maximum Gasteiger partial charge on any atom is 0.145 e. The molecule has 2 heterocycles. The molecule has 10 aromatic carbocycles. The molecule has 0 aromatic heterocycles. The van der Waals surface area contributed by atoms with Gasteiger partial charge in [-0.2, -0.15) is 0 Å². The summed E-state index contributed by atoms with van der Waals surface area (Å²) >= 11 is 0. The van der Waals surface area contributed by atoms with Crippen molar-refractivity contribution in [2.24, 2.45) is 4.99 Å². The van der Waals surface area contributed by atoms with E-state index in [0.717, 1.165) is 33.8 Å². The molecule has 3 heteroatoms. The molecule has 0 saturated heterocycles. The molecule has 3 aliphatic rings. The van der Waals surface area contributed by atoms with Gasteiger partial charge in [0.05, 0.1) is 22.5 Å². The van der Waals surface area contributed by atoms with Crippen LogP contribution in [-0.2, 0) is 5.41 Å². The Balaban J connectivity index is 0.931.